The molecule has 0 fully saturated rings. The average molecular weight is 586 g/mol. The van der Waals surface area contributed by atoms with Crippen LogP contribution in [0.2, 0.25) is 0 Å². The van der Waals surface area contributed by atoms with E-state index in [1.807, 2.05) is 54.6 Å². The number of fused-ring (bicyclic) bond motifs is 10. The van der Waals surface area contributed by atoms with Crippen molar-refractivity contribution in [3.63, 3.8) is 0 Å². The number of aromatic nitrogens is 1. The molecule has 3 heteroatoms. The highest BCUT2D eigenvalue weighted by atomic mass is 16.3. The molecular weight excluding hydrogens is 550 g/mol. The van der Waals surface area contributed by atoms with E-state index in [0.29, 0.717) is 5.69 Å². The van der Waals surface area contributed by atoms with Gasteiger partial charge in [0, 0.05) is 38.0 Å². The minimum Gasteiger partial charge on any atom is -0.456 e. The molecule has 3 nitrogen and oxygen atoms in total. The Labute approximate surface area is 272 Å². The Morgan fingerprint density at radius 2 is 1.16 bits per heavy atom. The van der Waals surface area contributed by atoms with Crippen LogP contribution in [0.25, 0.3) is 93.6 Å². The fourth-order valence-corrected chi connectivity index (χ4v) is 6.48. The van der Waals surface area contributed by atoms with Gasteiger partial charge in [-0.05, 0) is 64.6 Å². The number of hydrogen-bond donors (Lipinski definition) is 0. The number of rotatable bonds is 3. The average Bonchev–Trinajstić information content (AvgIpc) is 3.91. The number of benzene rings is 7. The van der Waals surface area contributed by atoms with Gasteiger partial charge in [-0.1, -0.05) is 109 Å². The molecule has 0 saturated carbocycles. The van der Waals surface area contributed by atoms with Gasteiger partial charge in [0.25, 0.3) is 0 Å². The topological polar surface area (TPSA) is 31.2 Å². The number of hydrogen-bond acceptors (Lipinski definition) is 2. The van der Waals surface area contributed by atoms with Crippen molar-refractivity contribution in [1.82, 2.24) is 4.57 Å². The fourth-order valence-electron chi connectivity index (χ4n) is 6.48. The molecule has 45 heavy (non-hydrogen) atoms. The molecule has 7 aromatic carbocycles. The summed E-state index contributed by atoms with van der Waals surface area (Å²) in [5.41, 5.74) is 6.00. The van der Waals surface area contributed by atoms with Crippen molar-refractivity contribution in [3.8, 4) is 27.9 Å². The van der Waals surface area contributed by atoms with Crippen LogP contribution in [0.4, 0.5) is 0 Å². The molecule has 10 aromatic rings. The van der Waals surface area contributed by atoms with Crippen LogP contribution in [0.1, 0.15) is 13.7 Å². The summed E-state index contributed by atoms with van der Waals surface area (Å²) in [7, 11) is 0. The third-order valence-corrected chi connectivity index (χ3v) is 8.52. The summed E-state index contributed by atoms with van der Waals surface area (Å²) in [6.07, 6.45) is 0. The fraction of sp³-hybridized carbons (Fsp3) is 0. The van der Waals surface area contributed by atoms with E-state index < -0.39 is 36.3 Å². The first-order chi connectivity index (χ1) is 26.5. The number of para-hydroxylation sites is 3. The molecule has 0 amide bonds. The zero-order valence-electron chi connectivity index (χ0n) is 33.4. The predicted octanol–water partition coefficient (Wildman–Crippen LogP) is 11.9. The van der Waals surface area contributed by atoms with Crippen molar-refractivity contribution in [3.05, 3.63) is 151 Å². The van der Waals surface area contributed by atoms with Crippen molar-refractivity contribution >= 4 is 65.7 Å². The second kappa shape index (κ2) is 9.22. The van der Waals surface area contributed by atoms with Crippen LogP contribution in [-0.4, -0.2) is 4.57 Å². The lowest BCUT2D eigenvalue weighted by atomic mass is 9.97. The molecule has 10 rings (SSSR count). The predicted molar refractivity (Wildman–Crippen MR) is 186 cm³/mol. The third kappa shape index (κ3) is 3.52. The van der Waals surface area contributed by atoms with Crippen molar-refractivity contribution in [2.75, 3.05) is 0 Å². The molecule has 0 saturated heterocycles. The Hall–Kier alpha value is -6.06. The third-order valence-electron chi connectivity index (χ3n) is 8.52. The Morgan fingerprint density at radius 3 is 2.02 bits per heavy atom. The zero-order chi connectivity index (χ0) is 38.2. The molecule has 0 unspecified atom stereocenters. The monoisotopic (exact) mass is 585 g/mol. The lowest BCUT2D eigenvalue weighted by molar-refractivity contribution is 0.669. The Kier molecular flexibility index (Phi) is 3.42. The molecule has 3 heterocycles. The SMILES string of the molecule is [2H]c1c([2H])c([2H])c2c(oc3c2c([2H])c([2H])c2c4c([2H])c([2H])c([2H])c([2H])c4n(-c4ccc(-c5ccc(-c6cccc7oc8ccccc8c67)cc5)cc4)c32)c1[2H]. The van der Waals surface area contributed by atoms with E-state index in [1.165, 1.54) is 0 Å². The van der Waals surface area contributed by atoms with E-state index in [1.54, 1.807) is 16.7 Å². The first kappa shape index (κ1) is 16.7. The lowest BCUT2D eigenvalue weighted by Gasteiger charge is -2.10. The van der Waals surface area contributed by atoms with Crippen molar-refractivity contribution < 1.29 is 22.5 Å². The number of furan rings is 2. The van der Waals surface area contributed by atoms with Gasteiger partial charge in [-0.2, -0.15) is 0 Å². The van der Waals surface area contributed by atoms with Crippen LogP contribution in [0, 0.1) is 0 Å². The molecule has 0 radical (unpaired) electrons. The van der Waals surface area contributed by atoms with Crippen molar-refractivity contribution in [2.45, 2.75) is 0 Å². The van der Waals surface area contributed by atoms with Gasteiger partial charge >= 0.3 is 0 Å². The smallest absolute Gasteiger partial charge is 0.160 e. The molecule has 0 aliphatic heterocycles. The summed E-state index contributed by atoms with van der Waals surface area (Å²) >= 11 is 0. The van der Waals surface area contributed by atoms with Crippen molar-refractivity contribution in [1.29, 1.82) is 0 Å². The van der Waals surface area contributed by atoms with E-state index in [4.69, 9.17) is 22.5 Å². The van der Waals surface area contributed by atoms with Crippen LogP contribution in [0.5, 0.6) is 0 Å². The van der Waals surface area contributed by atoms with E-state index in [0.717, 1.165) is 44.2 Å². The van der Waals surface area contributed by atoms with E-state index in [2.05, 4.69) is 24.3 Å². The highest BCUT2D eigenvalue weighted by molar-refractivity contribution is 6.21. The van der Waals surface area contributed by atoms with Crippen LogP contribution in [-0.2, 0) is 0 Å². The summed E-state index contributed by atoms with van der Waals surface area (Å²) in [5, 5.41) is 2.12. The Morgan fingerprint density at radius 1 is 0.467 bits per heavy atom. The van der Waals surface area contributed by atoms with E-state index in [-0.39, 0.29) is 67.9 Å². The van der Waals surface area contributed by atoms with Gasteiger partial charge in [0.2, 0.25) is 0 Å². The molecule has 0 atom stereocenters. The highest BCUT2D eigenvalue weighted by Gasteiger charge is 2.19. The second-order valence-corrected chi connectivity index (χ2v) is 10.9. The van der Waals surface area contributed by atoms with Crippen LogP contribution in [0.15, 0.2) is 160 Å². The van der Waals surface area contributed by atoms with E-state index >= 15 is 0 Å². The second-order valence-electron chi connectivity index (χ2n) is 10.9. The van der Waals surface area contributed by atoms with Crippen molar-refractivity contribution in [2.24, 2.45) is 0 Å². The lowest BCUT2D eigenvalue weighted by Crippen LogP contribution is -1.94. The summed E-state index contributed by atoms with van der Waals surface area (Å²) in [6.45, 7) is 0. The van der Waals surface area contributed by atoms with Gasteiger partial charge in [-0.15, -0.1) is 0 Å². The number of nitrogens with zero attached hydrogens (tertiary/aromatic N) is 1. The van der Waals surface area contributed by atoms with Gasteiger partial charge < -0.3 is 13.4 Å². The molecule has 3 aromatic heterocycles. The zero-order valence-corrected chi connectivity index (χ0v) is 23.4. The van der Waals surface area contributed by atoms with Crippen LogP contribution in [0.3, 0.4) is 0 Å². The van der Waals surface area contributed by atoms with Gasteiger partial charge in [0.1, 0.15) is 16.7 Å². The Bertz CT molecular complexity index is 3310. The Balaban J connectivity index is 1.19. The summed E-state index contributed by atoms with van der Waals surface area (Å²) < 4.78 is 101. The first-order valence-electron chi connectivity index (χ1n) is 19.5. The quantitative estimate of drug-likeness (QED) is 0.206. The molecule has 0 aliphatic rings. The standard InChI is InChI=1S/C42H25NO2/c1-4-12-36-31(8-1)33-24-25-34-32-9-2-5-13-37(32)45-42(34)41(33)43(36)29-22-20-27(21-23-29)26-16-18-28(19-17-26)30-11-7-15-39-40(30)35-10-3-6-14-38(35)44-39/h1-25H/i1D,2D,4D,5D,8D,9D,12D,13D,24D,25D. The maximum absolute atomic E-state index is 9.16. The minimum atomic E-state index is -0.513. The van der Waals surface area contributed by atoms with Gasteiger partial charge in [-0.3, -0.25) is 0 Å². The summed E-state index contributed by atoms with van der Waals surface area (Å²) in [5.74, 6) is 0. The first-order valence-corrected chi connectivity index (χ1v) is 14.5. The summed E-state index contributed by atoms with van der Waals surface area (Å²) in [4.78, 5) is 0. The molecule has 0 spiro atoms. The summed E-state index contributed by atoms with van der Waals surface area (Å²) in [6, 6.07) is 25.2. The van der Waals surface area contributed by atoms with Gasteiger partial charge in [0.05, 0.1) is 24.7 Å². The van der Waals surface area contributed by atoms with E-state index in [9.17, 15) is 0 Å². The molecular formula is C42H25NO2. The van der Waals surface area contributed by atoms with Crippen LogP contribution >= 0.6 is 0 Å². The van der Waals surface area contributed by atoms with Gasteiger partial charge in [0.15, 0.2) is 5.58 Å². The normalized spacial score (nSPS) is 15.1. The van der Waals surface area contributed by atoms with Gasteiger partial charge in [-0.25, -0.2) is 0 Å². The van der Waals surface area contributed by atoms with Crippen LogP contribution < -0.4 is 0 Å². The maximum atomic E-state index is 9.16. The largest absolute Gasteiger partial charge is 0.456 e. The molecule has 0 aliphatic carbocycles. The maximum Gasteiger partial charge on any atom is 0.160 e. The molecule has 0 bridgehead atoms. The minimum absolute atomic E-state index is 0.00497. The molecule has 0 N–H and O–H groups in total. The molecule has 210 valence electrons. The highest BCUT2D eigenvalue weighted by Crippen LogP contribution is 2.41.